The van der Waals surface area contributed by atoms with E-state index in [4.69, 9.17) is 5.73 Å². The fourth-order valence-electron chi connectivity index (χ4n) is 5.21. The predicted octanol–water partition coefficient (Wildman–Crippen LogP) is 1.76. The standard InChI is InChI=1S/C33H41N7O4/c34-18-10-17-27(32(43)36-20-25-13-6-2-7-14-25)38-31(42)23-40-22-30(41)35-21-29(40)28(19-24-11-4-1-5-12-24)39-33(44)37-26-15-8-3-9-16-26/h1-9,11-16,27-29H,10,17-23,34H2,(H,35,41)(H,36,43)(H,38,42)(H2,37,39,44)/t27-,28-,29-/m0/s1. The first kappa shape index (κ1) is 32.2. The van der Waals surface area contributed by atoms with Crippen molar-refractivity contribution < 1.29 is 19.2 Å². The van der Waals surface area contributed by atoms with Crippen LogP contribution in [0.15, 0.2) is 91.0 Å². The van der Waals surface area contributed by atoms with E-state index in [-0.39, 0.29) is 31.4 Å². The summed E-state index contributed by atoms with van der Waals surface area (Å²) in [6.07, 6.45) is 1.41. The van der Waals surface area contributed by atoms with Gasteiger partial charge in [-0.3, -0.25) is 19.3 Å². The molecule has 1 fully saturated rings. The molecule has 7 N–H and O–H groups in total. The van der Waals surface area contributed by atoms with Crippen molar-refractivity contribution in [2.75, 3.05) is 31.5 Å². The highest BCUT2D eigenvalue weighted by atomic mass is 16.2. The average Bonchev–Trinajstić information content (AvgIpc) is 3.03. The molecule has 1 aliphatic rings. The number of carbonyl (C=O) groups excluding carboxylic acids is 4. The van der Waals surface area contributed by atoms with E-state index in [1.807, 2.05) is 78.9 Å². The van der Waals surface area contributed by atoms with Crippen LogP contribution < -0.4 is 32.3 Å². The summed E-state index contributed by atoms with van der Waals surface area (Å²) >= 11 is 0. The van der Waals surface area contributed by atoms with E-state index in [0.717, 1.165) is 11.1 Å². The number of rotatable bonds is 14. The Kier molecular flexibility index (Phi) is 12.3. The summed E-state index contributed by atoms with van der Waals surface area (Å²) in [5.74, 6) is -0.917. The highest BCUT2D eigenvalue weighted by Gasteiger charge is 2.35. The van der Waals surface area contributed by atoms with E-state index in [9.17, 15) is 19.2 Å². The van der Waals surface area contributed by atoms with Gasteiger partial charge in [0.15, 0.2) is 0 Å². The molecule has 0 unspecified atom stereocenters. The van der Waals surface area contributed by atoms with Gasteiger partial charge in [-0.15, -0.1) is 0 Å². The van der Waals surface area contributed by atoms with Gasteiger partial charge in [-0.2, -0.15) is 0 Å². The van der Waals surface area contributed by atoms with Crippen molar-refractivity contribution in [3.8, 4) is 0 Å². The number of amides is 5. The molecule has 4 rings (SSSR count). The highest BCUT2D eigenvalue weighted by Crippen LogP contribution is 2.15. The van der Waals surface area contributed by atoms with E-state index in [1.165, 1.54) is 0 Å². The smallest absolute Gasteiger partial charge is 0.319 e. The Balaban J connectivity index is 1.45. The minimum absolute atomic E-state index is 0.0287. The lowest BCUT2D eigenvalue weighted by atomic mass is 9.96. The molecule has 3 atom stereocenters. The third-order valence-electron chi connectivity index (χ3n) is 7.44. The van der Waals surface area contributed by atoms with Gasteiger partial charge in [0.05, 0.1) is 19.1 Å². The maximum atomic E-state index is 13.4. The van der Waals surface area contributed by atoms with Gasteiger partial charge in [-0.1, -0.05) is 78.9 Å². The number of nitrogens with two attached hydrogens (primary N) is 1. The summed E-state index contributed by atoms with van der Waals surface area (Å²) in [6, 6.07) is 26.3. The molecular weight excluding hydrogens is 558 g/mol. The number of benzene rings is 3. The molecule has 0 spiro atoms. The Hall–Kier alpha value is -4.74. The van der Waals surface area contributed by atoms with Gasteiger partial charge in [-0.25, -0.2) is 4.79 Å². The van der Waals surface area contributed by atoms with Crippen molar-refractivity contribution in [1.29, 1.82) is 0 Å². The predicted molar refractivity (Wildman–Crippen MR) is 169 cm³/mol. The third-order valence-corrected chi connectivity index (χ3v) is 7.44. The number of anilines is 1. The van der Waals surface area contributed by atoms with Crippen LogP contribution in [-0.4, -0.2) is 73.0 Å². The Morgan fingerprint density at radius 3 is 2.18 bits per heavy atom. The second kappa shape index (κ2) is 16.8. The largest absolute Gasteiger partial charge is 0.353 e. The SMILES string of the molecule is NCCC[C@H](NC(=O)CN1CC(=O)NC[C@H]1[C@H](Cc1ccccc1)NC(=O)Nc1ccccc1)C(=O)NCc1ccccc1. The monoisotopic (exact) mass is 599 g/mol. The molecule has 44 heavy (non-hydrogen) atoms. The van der Waals surface area contributed by atoms with Gasteiger partial charge in [-0.05, 0) is 49.1 Å². The topological polar surface area (TPSA) is 158 Å². The summed E-state index contributed by atoms with van der Waals surface area (Å²) in [6.45, 7) is 0.796. The van der Waals surface area contributed by atoms with Crippen LogP contribution in [-0.2, 0) is 27.3 Å². The first-order valence-electron chi connectivity index (χ1n) is 14.9. The van der Waals surface area contributed by atoms with Crippen LogP contribution in [0.3, 0.4) is 0 Å². The van der Waals surface area contributed by atoms with E-state index in [0.29, 0.717) is 38.0 Å². The molecule has 5 amide bonds. The molecule has 3 aromatic rings. The second-order valence-corrected chi connectivity index (χ2v) is 10.8. The van der Waals surface area contributed by atoms with Gasteiger partial charge in [0.2, 0.25) is 17.7 Å². The molecule has 0 radical (unpaired) electrons. The molecule has 11 heteroatoms. The summed E-state index contributed by atoms with van der Waals surface area (Å²) < 4.78 is 0. The molecule has 0 saturated carbocycles. The summed E-state index contributed by atoms with van der Waals surface area (Å²) in [5.41, 5.74) is 8.29. The van der Waals surface area contributed by atoms with Gasteiger partial charge in [0.25, 0.3) is 0 Å². The van der Waals surface area contributed by atoms with E-state index < -0.39 is 30.1 Å². The van der Waals surface area contributed by atoms with E-state index in [1.54, 1.807) is 17.0 Å². The van der Waals surface area contributed by atoms with Crippen molar-refractivity contribution in [2.45, 2.75) is 43.9 Å². The zero-order valence-corrected chi connectivity index (χ0v) is 24.7. The molecule has 11 nitrogen and oxygen atoms in total. The number of para-hydroxylation sites is 1. The fraction of sp³-hybridized carbons (Fsp3) is 0.333. The Morgan fingerprint density at radius 2 is 1.52 bits per heavy atom. The lowest BCUT2D eigenvalue weighted by Gasteiger charge is -2.40. The summed E-state index contributed by atoms with van der Waals surface area (Å²) in [5, 5.41) is 14.5. The van der Waals surface area contributed by atoms with Gasteiger partial charge < -0.3 is 32.3 Å². The Labute approximate surface area is 258 Å². The van der Waals surface area contributed by atoms with Crippen LogP contribution in [0.5, 0.6) is 0 Å². The molecule has 0 aromatic heterocycles. The van der Waals surface area contributed by atoms with Crippen LogP contribution in [0.1, 0.15) is 24.0 Å². The van der Waals surface area contributed by atoms with Crippen LogP contribution in [0, 0.1) is 0 Å². The normalized spacial score (nSPS) is 16.2. The summed E-state index contributed by atoms with van der Waals surface area (Å²) in [4.78, 5) is 53.7. The maximum Gasteiger partial charge on any atom is 0.319 e. The summed E-state index contributed by atoms with van der Waals surface area (Å²) in [7, 11) is 0. The molecule has 0 aliphatic carbocycles. The maximum absolute atomic E-state index is 13.4. The van der Waals surface area contributed by atoms with Crippen molar-refractivity contribution in [2.24, 2.45) is 5.73 Å². The molecule has 0 bridgehead atoms. The number of nitrogens with zero attached hydrogens (tertiary/aromatic N) is 1. The number of piperazine rings is 1. The molecule has 1 heterocycles. The van der Waals surface area contributed by atoms with Crippen LogP contribution in [0.25, 0.3) is 0 Å². The lowest BCUT2D eigenvalue weighted by molar-refractivity contribution is -0.132. The Morgan fingerprint density at radius 1 is 0.886 bits per heavy atom. The third kappa shape index (κ3) is 10.2. The van der Waals surface area contributed by atoms with Gasteiger partial charge in [0.1, 0.15) is 6.04 Å². The highest BCUT2D eigenvalue weighted by molar-refractivity contribution is 5.90. The molecule has 3 aromatic carbocycles. The minimum Gasteiger partial charge on any atom is -0.353 e. The lowest BCUT2D eigenvalue weighted by Crippen LogP contribution is -2.64. The fourth-order valence-corrected chi connectivity index (χ4v) is 5.21. The molecular formula is C33H41N7O4. The average molecular weight is 600 g/mol. The first-order valence-corrected chi connectivity index (χ1v) is 14.9. The van der Waals surface area contributed by atoms with E-state index in [2.05, 4.69) is 26.6 Å². The minimum atomic E-state index is -0.776. The number of carbonyl (C=O) groups is 4. The molecule has 232 valence electrons. The zero-order chi connectivity index (χ0) is 31.1. The molecule has 1 aliphatic heterocycles. The van der Waals surface area contributed by atoms with Gasteiger partial charge in [0, 0.05) is 24.8 Å². The van der Waals surface area contributed by atoms with Crippen molar-refractivity contribution in [3.05, 3.63) is 102 Å². The van der Waals surface area contributed by atoms with Gasteiger partial charge >= 0.3 is 6.03 Å². The van der Waals surface area contributed by atoms with Crippen LogP contribution in [0.2, 0.25) is 0 Å². The number of urea groups is 1. The van der Waals surface area contributed by atoms with Crippen molar-refractivity contribution in [1.82, 2.24) is 26.2 Å². The van der Waals surface area contributed by atoms with Crippen LogP contribution in [0.4, 0.5) is 10.5 Å². The zero-order valence-electron chi connectivity index (χ0n) is 24.7. The first-order chi connectivity index (χ1) is 21.4. The number of hydrogen-bond acceptors (Lipinski definition) is 6. The quantitative estimate of drug-likeness (QED) is 0.166. The number of nitrogens with one attached hydrogen (secondary N) is 5. The Bertz CT molecular complexity index is 1360. The van der Waals surface area contributed by atoms with Crippen molar-refractivity contribution >= 4 is 29.4 Å². The molecule has 1 saturated heterocycles. The second-order valence-electron chi connectivity index (χ2n) is 10.8. The van der Waals surface area contributed by atoms with Crippen molar-refractivity contribution in [3.63, 3.8) is 0 Å². The van der Waals surface area contributed by atoms with Crippen LogP contribution >= 0.6 is 0 Å². The van der Waals surface area contributed by atoms with E-state index >= 15 is 0 Å². The number of hydrogen-bond donors (Lipinski definition) is 6.